The fraction of sp³-hybridized carbons (Fsp3) is 0.158. The molecule has 150 valence electrons. The van der Waals surface area contributed by atoms with Crippen LogP contribution in [0.15, 0.2) is 58.1 Å². The van der Waals surface area contributed by atoms with Gasteiger partial charge in [0, 0.05) is 4.47 Å². The molecule has 3 aromatic rings. The van der Waals surface area contributed by atoms with E-state index in [1.807, 2.05) is 0 Å². The predicted octanol–water partition coefficient (Wildman–Crippen LogP) is 2.06. The largest absolute Gasteiger partial charge is 0.495 e. The van der Waals surface area contributed by atoms with Crippen LogP contribution in [-0.2, 0) is 11.5 Å². The van der Waals surface area contributed by atoms with Crippen LogP contribution < -0.4 is 26.2 Å². The summed E-state index contributed by atoms with van der Waals surface area (Å²) in [5, 5.41) is 8.01. The Hall–Kier alpha value is -3.24. The summed E-state index contributed by atoms with van der Waals surface area (Å²) in [5.41, 5.74) is 0.784. The molecule has 29 heavy (non-hydrogen) atoms. The number of hydrogen-bond acceptors (Lipinski definition) is 6. The summed E-state index contributed by atoms with van der Waals surface area (Å²) in [5.74, 6) is -0.0787. The first-order valence-electron chi connectivity index (χ1n) is 8.57. The Morgan fingerprint density at radius 2 is 2.00 bits per heavy atom. The zero-order chi connectivity index (χ0) is 20.8. The van der Waals surface area contributed by atoms with E-state index in [1.165, 1.54) is 18.0 Å². The average Bonchev–Trinajstić information content (AvgIpc) is 2.70. The number of carbonyl (C=O) groups is 2. The SMILES string of the molecule is COc1ccccc1NC(=O)NC(=O)CNCn1cnc2ccc(Br)cc2c1=O. The molecule has 9 nitrogen and oxygen atoms in total. The van der Waals surface area contributed by atoms with E-state index >= 15 is 0 Å². The number of anilines is 1. The number of nitrogens with zero attached hydrogens (tertiary/aromatic N) is 2. The molecule has 2 aromatic carbocycles. The van der Waals surface area contributed by atoms with Crippen molar-refractivity contribution in [1.29, 1.82) is 0 Å². The van der Waals surface area contributed by atoms with E-state index in [0.717, 1.165) is 4.47 Å². The number of carbonyl (C=O) groups excluding carboxylic acids is 2. The number of urea groups is 1. The molecule has 0 saturated heterocycles. The number of rotatable bonds is 6. The molecule has 0 radical (unpaired) electrons. The number of amides is 3. The monoisotopic (exact) mass is 459 g/mol. The average molecular weight is 460 g/mol. The highest BCUT2D eigenvalue weighted by Crippen LogP contribution is 2.22. The second-order valence-corrected chi connectivity index (χ2v) is 6.88. The Morgan fingerprint density at radius 1 is 1.21 bits per heavy atom. The van der Waals surface area contributed by atoms with Crippen LogP contribution >= 0.6 is 15.9 Å². The lowest BCUT2D eigenvalue weighted by Crippen LogP contribution is -2.41. The summed E-state index contributed by atoms with van der Waals surface area (Å²) >= 11 is 3.33. The molecular weight excluding hydrogens is 442 g/mol. The molecule has 0 aliphatic carbocycles. The number of para-hydroxylation sites is 2. The standard InChI is InChI=1S/C19H18BrN5O4/c1-29-16-5-3-2-4-15(16)23-19(28)24-17(26)9-21-10-25-11-22-14-7-6-12(20)8-13(14)18(25)27/h2-8,11,21H,9-10H2,1H3,(H2,23,24,26,28). The van der Waals surface area contributed by atoms with Crippen molar-refractivity contribution in [2.75, 3.05) is 19.0 Å². The Balaban J connectivity index is 1.53. The molecule has 0 aliphatic rings. The third-order valence-corrected chi connectivity index (χ3v) is 4.46. The number of halogens is 1. The van der Waals surface area contributed by atoms with Crippen molar-refractivity contribution in [1.82, 2.24) is 20.2 Å². The van der Waals surface area contributed by atoms with Crippen molar-refractivity contribution in [3.63, 3.8) is 0 Å². The summed E-state index contributed by atoms with van der Waals surface area (Å²) in [6.07, 6.45) is 1.40. The fourth-order valence-corrected chi connectivity index (χ4v) is 2.97. The van der Waals surface area contributed by atoms with Crippen LogP contribution in [0.1, 0.15) is 0 Å². The van der Waals surface area contributed by atoms with Gasteiger partial charge in [-0.15, -0.1) is 0 Å². The van der Waals surface area contributed by atoms with Gasteiger partial charge in [0.15, 0.2) is 0 Å². The maximum absolute atomic E-state index is 12.5. The molecule has 0 aliphatic heterocycles. The highest BCUT2D eigenvalue weighted by atomic mass is 79.9. The molecule has 0 unspecified atom stereocenters. The number of methoxy groups -OCH3 is 1. The second kappa shape index (κ2) is 9.30. The lowest BCUT2D eigenvalue weighted by molar-refractivity contribution is -0.119. The third-order valence-electron chi connectivity index (χ3n) is 3.96. The van der Waals surface area contributed by atoms with Gasteiger partial charge in [0.05, 0.1) is 43.2 Å². The summed E-state index contributed by atoms with van der Waals surface area (Å²) in [4.78, 5) is 40.6. The maximum atomic E-state index is 12.5. The first kappa shape index (κ1) is 20.5. The topological polar surface area (TPSA) is 114 Å². The molecular formula is C19H18BrN5O4. The number of imide groups is 1. The number of benzene rings is 2. The molecule has 1 heterocycles. The van der Waals surface area contributed by atoms with E-state index in [1.54, 1.807) is 42.5 Å². The van der Waals surface area contributed by atoms with Crippen LogP contribution in [0.5, 0.6) is 5.75 Å². The molecule has 0 fully saturated rings. The van der Waals surface area contributed by atoms with Crippen LogP contribution in [-0.4, -0.2) is 35.1 Å². The lowest BCUT2D eigenvalue weighted by atomic mass is 10.2. The molecule has 3 N–H and O–H groups in total. The number of aromatic nitrogens is 2. The van der Waals surface area contributed by atoms with Gasteiger partial charge in [-0.2, -0.15) is 0 Å². The highest BCUT2D eigenvalue weighted by Gasteiger charge is 2.11. The molecule has 1 aromatic heterocycles. The quantitative estimate of drug-likeness (QED) is 0.519. The van der Waals surface area contributed by atoms with Crippen LogP contribution in [0, 0.1) is 0 Å². The van der Waals surface area contributed by atoms with Gasteiger partial charge >= 0.3 is 6.03 Å². The van der Waals surface area contributed by atoms with E-state index in [4.69, 9.17) is 4.74 Å². The molecule has 0 saturated carbocycles. The number of ether oxygens (including phenoxy) is 1. The van der Waals surface area contributed by atoms with Gasteiger partial charge in [0.2, 0.25) is 5.91 Å². The summed E-state index contributed by atoms with van der Waals surface area (Å²) in [6.45, 7) is -0.0991. The van der Waals surface area contributed by atoms with Gasteiger partial charge in [-0.25, -0.2) is 9.78 Å². The van der Waals surface area contributed by atoms with Gasteiger partial charge in [-0.3, -0.25) is 24.8 Å². The molecule has 0 spiro atoms. The van der Waals surface area contributed by atoms with Gasteiger partial charge < -0.3 is 10.1 Å². The molecule has 0 bridgehead atoms. The van der Waals surface area contributed by atoms with Gasteiger partial charge in [-0.1, -0.05) is 28.1 Å². The first-order chi connectivity index (χ1) is 14.0. The minimum Gasteiger partial charge on any atom is -0.495 e. The summed E-state index contributed by atoms with van der Waals surface area (Å²) in [6, 6.07) is 11.4. The Morgan fingerprint density at radius 3 is 2.79 bits per heavy atom. The van der Waals surface area contributed by atoms with Crippen LogP contribution in [0.3, 0.4) is 0 Å². The molecule has 3 rings (SSSR count). The van der Waals surface area contributed by atoms with Crippen LogP contribution in [0.2, 0.25) is 0 Å². The smallest absolute Gasteiger partial charge is 0.326 e. The van der Waals surface area contributed by atoms with Crippen molar-refractivity contribution >= 4 is 44.5 Å². The summed E-state index contributed by atoms with van der Waals surface area (Å²) in [7, 11) is 1.48. The second-order valence-electron chi connectivity index (χ2n) is 5.97. The minimum atomic E-state index is -0.685. The summed E-state index contributed by atoms with van der Waals surface area (Å²) < 4.78 is 7.25. The van der Waals surface area contributed by atoms with Crippen molar-refractivity contribution in [3.05, 3.63) is 63.6 Å². The van der Waals surface area contributed by atoms with Gasteiger partial charge in [0.1, 0.15) is 5.75 Å². The highest BCUT2D eigenvalue weighted by molar-refractivity contribution is 9.10. The maximum Gasteiger partial charge on any atom is 0.326 e. The van der Waals surface area contributed by atoms with Crippen molar-refractivity contribution in [2.45, 2.75) is 6.67 Å². The van der Waals surface area contributed by atoms with Crippen molar-refractivity contribution in [2.24, 2.45) is 0 Å². The molecule has 10 heteroatoms. The Labute approximate surface area is 174 Å². The Kier molecular flexibility index (Phi) is 6.57. The van der Waals surface area contributed by atoms with Gasteiger partial charge in [0.25, 0.3) is 5.56 Å². The number of fused-ring (bicyclic) bond motifs is 1. The number of nitrogens with one attached hydrogen (secondary N) is 3. The molecule has 0 atom stereocenters. The van der Waals surface area contributed by atoms with Crippen LogP contribution in [0.4, 0.5) is 10.5 Å². The third kappa shape index (κ3) is 5.18. The predicted molar refractivity (Wildman–Crippen MR) is 112 cm³/mol. The van der Waals surface area contributed by atoms with Crippen LogP contribution in [0.25, 0.3) is 10.9 Å². The minimum absolute atomic E-state index is 0.0653. The fourth-order valence-electron chi connectivity index (χ4n) is 2.61. The zero-order valence-corrected chi connectivity index (χ0v) is 17.0. The van der Waals surface area contributed by atoms with E-state index in [9.17, 15) is 14.4 Å². The van der Waals surface area contributed by atoms with E-state index in [2.05, 4.69) is 36.9 Å². The lowest BCUT2D eigenvalue weighted by Gasteiger charge is -2.11. The van der Waals surface area contributed by atoms with Crippen molar-refractivity contribution in [3.8, 4) is 5.75 Å². The Bertz CT molecular complexity index is 1120. The number of hydrogen-bond donors (Lipinski definition) is 3. The van der Waals surface area contributed by atoms with E-state index < -0.39 is 11.9 Å². The van der Waals surface area contributed by atoms with E-state index in [-0.39, 0.29) is 18.8 Å². The molecule has 3 amide bonds. The van der Waals surface area contributed by atoms with Crippen molar-refractivity contribution < 1.29 is 14.3 Å². The van der Waals surface area contributed by atoms with Gasteiger partial charge in [-0.05, 0) is 30.3 Å². The first-order valence-corrected chi connectivity index (χ1v) is 9.36. The normalized spacial score (nSPS) is 10.6. The van der Waals surface area contributed by atoms with E-state index in [0.29, 0.717) is 22.3 Å². The zero-order valence-electron chi connectivity index (χ0n) is 15.4.